The van der Waals surface area contributed by atoms with Gasteiger partial charge in [-0.15, -0.1) is 0 Å². The highest BCUT2D eigenvalue weighted by atomic mass is 16.5. The van der Waals surface area contributed by atoms with Crippen LogP contribution in [-0.2, 0) is 20.7 Å². The molecule has 1 aromatic heterocycles. The lowest BCUT2D eigenvalue weighted by Crippen LogP contribution is -2.12. The molecule has 0 saturated heterocycles. The fraction of sp³-hybridized carbons (Fsp3) is 0.440. The van der Waals surface area contributed by atoms with E-state index in [9.17, 15) is 9.59 Å². The second kappa shape index (κ2) is 13.3. The minimum Gasteiger partial charge on any atom is -0.463 e. The first-order valence-corrected chi connectivity index (χ1v) is 10.9. The van der Waals surface area contributed by atoms with Gasteiger partial charge >= 0.3 is 11.9 Å². The van der Waals surface area contributed by atoms with Crippen molar-refractivity contribution in [3.05, 3.63) is 54.4 Å². The van der Waals surface area contributed by atoms with E-state index >= 15 is 0 Å². The van der Waals surface area contributed by atoms with Gasteiger partial charge in [0.1, 0.15) is 0 Å². The molecule has 0 saturated carbocycles. The molecule has 2 aromatic rings. The van der Waals surface area contributed by atoms with Crippen LogP contribution in [0.3, 0.4) is 0 Å². The van der Waals surface area contributed by atoms with Crippen molar-refractivity contribution in [2.45, 2.75) is 71.8 Å². The SMILES string of the molecule is CCCCCC/C=C/C(=O)Oc1cnc(-c2ccc(CCC(C)OC(C)=O)cc2)nc1. The highest BCUT2D eigenvalue weighted by Crippen LogP contribution is 2.18. The molecular formula is C25H32N2O4. The number of hydrogen-bond donors (Lipinski definition) is 0. The Morgan fingerprint density at radius 3 is 2.42 bits per heavy atom. The molecule has 0 aliphatic rings. The van der Waals surface area contributed by atoms with Crippen molar-refractivity contribution in [3.63, 3.8) is 0 Å². The summed E-state index contributed by atoms with van der Waals surface area (Å²) in [5, 5.41) is 0. The van der Waals surface area contributed by atoms with Crippen LogP contribution in [0.5, 0.6) is 5.75 Å². The van der Waals surface area contributed by atoms with E-state index in [1.54, 1.807) is 0 Å². The van der Waals surface area contributed by atoms with E-state index in [1.165, 1.54) is 44.7 Å². The summed E-state index contributed by atoms with van der Waals surface area (Å²) in [5.74, 6) is 0.207. The predicted molar refractivity (Wildman–Crippen MR) is 121 cm³/mol. The van der Waals surface area contributed by atoms with Crippen LogP contribution in [-0.4, -0.2) is 28.0 Å². The lowest BCUT2D eigenvalue weighted by molar-refractivity contribution is -0.145. The van der Waals surface area contributed by atoms with Crippen molar-refractivity contribution >= 4 is 11.9 Å². The minimum absolute atomic E-state index is 0.105. The lowest BCUT2D eigenvalue weighted by Gasteiger charge is -2.11. The molecule has 31 heavy (non-hydrogen) atoms. The summed E-state index contributed by atoms with van der Waals surface area (Å²) in [4.78, 5) is 31.4. The Labute approximate surface area is 184 Å². The molecule has 0 bridgehead atoms. The third-order valence-electron chi connectivity index (χ3n) is 4.74. The average Bonchev–Trinajstić information content (AvgIpc) is 2.75. The number of unbranched alkanes of at least 4 members (excludes halogenated alkanes) is 4. The zero-order valence-electron chi connectivity index (χ0n) is 18.7. The first-order valence-electron chi connectivity index (χ1n) is 10.9. The lowest BCUT2D eigenvalue weighted by atomic mass is 10.1. The average molecular weight is 425 g/mol. The van der Waals surface area contributed by atoms with Crippen molar-refractivity contribution in [3.8, 4) is 17.1 Å². The molecule has 1 heterocycles. The van der Waals surface area contributed by atoms with Crippen molar-refractivity contribution in [2.75, 3.05) is 0 Å². The molecule has 0 aliphatic heterocycles. The molecule has 166 valence electrons. The Balaban J connectivity index is 1.82. The van der Waals surface area contributed by atoms with Crippen LogP contribution in [0.1, 0.15) is 64.9 Å². The van der Waals surface area contributed by atoms with Gasteiger partial charge in [0.05, 0.1) is 18.5 Å². The maximum absolute atomic E-state index is 11.9. The van der Waals surface area contributed by atoms with E-state index in [1.807, 2.05) is 37.3 Å². The Morgan fingerprint density at radius 1 is 1.06 bits per heavy atom. The molecule has 0 fully saturated rings. The fourth-order valence-corrected chi connectivity index (χ4v) is 3.07. The van der Waals surface area contributed by atoms with E-state index in [2.05, 4.69) is 16.9 Å². The molecular weight excluding hydrogens is 392 g/mol. The minimum atomic E-state index is -0.417. The summed E-state index contributed by atoms with van der Waals surface area (Å²) in [6.45, 7) is 5.48. The zero-order valence-corrected chi connectivity index (χ0v) is 18.7. The number of benzene rings is 1. The summed E-state index contributed by atoms with van der Waals surface area (Å²) >= 11 is 0. The van der Waals surface area contributed by atoms with E-state index < -0.39 is 5.97 Å². The Hall–Kier alpha value is -3.02. The van der Waals surface area contributed by atoms with Gasteiger partial charge in [0, 0.05) is 18.6 Å². The van der Waals surface area contributed by atoms with Gasteiger partial charge < -0.3 is 9.47 Å². The number of carbonyl (C=O) groups is 2. The van der Waals surface area contributed by atoms with Gasteiger partial charge in [-0.05, 0) is 38.2 Å². The molecule has 1 aromatic carbocycles. The standard InChI is InChI=1S/C25H32N2O4/c1-4-5-6-7-8-9-10-24(29)31-23-17-26-25(27-18-23)22-15-13-21(14-16-22)12-11-19(2)30-20(3)28/h9-10,13-19H,4-8,11-12H2,1-3H3/b10-9+. The van der Waals surface area contributed by atoms with Crippen LogP contribution in [0.15, 0.2) is 48.8 Å². The maximum Gasteiger partial charge on any atom is 0.335 e. The van der Waals surface area contributed by atoms with Gasteiger partial charge in [0.25, 0.3) is 0 Å². The first-order chi connectivity index (χ1) is 15.0. The summed E-state index contributed by atoms with van der Waals surface area (Å²) in [5.41, 5.74) is 2.02. The molecule has 0 N–H and O–H groups in total. The number of rotatable bonds is 12. The quantitative estimate of drug-likeness (QED) is 0.256. The van der Waals surface area contributed by atoms with Gasteiger partial charge in [-0.3, -0.25) is 4.79 Å². The van der Waals surface area contributed by atoms with Gasteiger partial charge in [0.15, 0.2) is 11.6 Å². The van der Waals surface area contributed by atoms with Gasteiger partial charge in [-0.2, -0.15) is 0 Å². The summed E-state index contributed by atoms with van der Waals surface area (Å²) in [7, 11) is 0. The number of carbonyl (C=O) groups excluding carboxylic acids is 2. The van der Waals surface area contributed by atoms with Crippen LogP contribution >= 0.6 is 0 Å². The second-order valence-electron chi connectivity index (χ2n) is 7.57. The van der Waals surface area contributed by atoms with Gasteiger partial charge in [0.2, 0.25) is 0 Å². The predicted octanol–water partition coefficient (Wildman–Crippen LogP) is 5.46. The molecule has 1 unspecified atom stereocenters. The monoisotopic (exact) mass is 424 g/mol. The summed E-state index contributed by atoms with van der Waals surface area (Å²) in [6, 6.07) is 7.93. The Morgan fingerprint density at radius 2 is 1.77 bits per heavy atom. The summed E-state index contributed by atoms with van der Waals surface area (Å²) < 4.78 is 10.4. The van der Waals surface area contributed by atoms with Crippen LogP contribution in [0.4, 0.5) is 0 Å². The number of esters is 2. The Bertz CT molecular complexity index is 845. The summed E-state index contributed by atoms with van der Waals surface area (Å²) in [6.07, 6.45) is 13.4. The third-order valence-corrected chi connectivity index (χ3v) is 4.74. The number of aromatic nitrogens is 2. The molecule has 0 spiro atoms. The highest BCUT2D eigenvalue weighted by Gasteiger charge is 2.07. The van der Waals surface area contributed by atoms with Crippen LogP contribution in [0.2, 0.25) is 0 Å². The zero-order chi connectivity index (χ0) is 22.5. The number of nitrogens with zero attached hydrogens (tertiary/aromatic N) is 2. The second-order valence-corrected chi connectivity index (χ2v) is 7.57. The largest absolute Gasteiger partial charge is 0.463 e. The van der Waals surface area contributed by atoms with Gasteiger partial charge in [-0.1, -0.05) is 56.5 Å². The Kier molecular flexibility index (Phi) is 10.4. The molecule has 0 radical (unpaired) electrons. The number of hydrogen-bond acceptors (Lipinski definition) is 6. The smallest absolute Gasteiger partial charge is 0.335 e. The van der Waals surface area contributed by atoms with Crippen LogP contribution < -0.4 is 4.74 Å². The van der Waals surface area contributed by atoms with Crippen LogP contribution in [0.25, 0.3) is 11.4 Å². The van der Waals surface area contributed by atoms with E-state index in [4.69, 9.17) is 9.47 Å². The first kappa shape index (κ1) is 24.3. The molecule has 6 heteroatoms. The molecule has 6 nitrogen and oxygen atoms in total. The normalized spacial score (nSPS) is 12.0. The van der Waals surface area contributed by atoms with E-state index in [-0.39, 0.29) is 12.1 Å². The van der Waals surface area contributed by atoms with E-state index in [0.29, 0.717) is 11.6 Å². The maximum atomic E-state index is 11.9. The van der Waals surface area contributed by atoms with Crippen molar-refractivity contribution in [1.29, 1.82) is 0 Å². The molecule has 2 rings (SSSR count). The van der Waals surface area contributed by atoms with Crippen molar-refractivity contribution < 1.29 is 19.1 Å². The van der Waals surface area contributed by atoms with E-state index in [0.717, 1.165) is 36.8 Å². The van der Waals surface area contributed by atoms with Crippen molar-refractivity contribution in [1.82, 2.24) is 9.97 Å². The molecule has 1 atom stereocenters. The fourth-order valence-electron chi connectivity index (χ4n) is 3.07. The van der Waals surface area contributed by atoms with Crippen molar-refractivity contribution in [2.24, 2.45) is 0 Å². The molecule has 0 aliphatic carbocycles. The number of aryl methyl sites for hydroxylation is 1. The van der Waals surface area contributed by atoms with Gasteiger partial charge in [-0.25, -0.2) is 14.8 Å². The number of ether oxygens (including phenoxy) is 2. The topological polar surface area (TPSA) is 78.4 Å². The van der Waals surface area contributed by atoms with Crippen LogP contribution in [0, 0.1) is 0 Å². The molecule has 0 amide bonds. The highest BCUT2D eigenvalue weighted by molar-refractivity contribution is 5.83. The third kappa shape index (κ3) is 9.55. The number of allylic oxidation sites excluding steroid dienone is 1.